The van der Waals surface area contributed by atoms with E-state index in [1.165, 1.54) is 33.0 Å². The Kier molecular flexibility index (Phi) is 4.05. The lowest BCUT2D eigenvalue weighted by Crippen LogP contribution is -1.94. The van der Waals surface area contributed by atoms with Gasteiger partial charge in [-0.25, -0.2) is 0 Å². The van der Waals surface area contributed by atoms with E-state index >= 15 is 0 Å². The van der Waals surface area contributed by atoms with Crippen LogP contribution in [0.2, 0.25) is 0 Å². The molecule has 138 valence electrons. The third-order valence-corrected chi connectivity index (χ3v) is 5.56. The summed E-state index contributed by atoms with van der Waals surface area (Å²) in [6, 6.07) is 26.3. The molecule has 0 spiro atoms. The normalized spacial score (nSPS) is 12.4. The number of benzene rings is 4. The number of hydrogen-bond acceptors (Lipinski definition) is 2. The first-order valence-electron chi connectivity index (χ1n) is 9.91. The van der Waals surface area contributed by atoms with Gasteiger partial charge in [-0.2, -0.15) is 0 Å². The van der Waals surface area contributed by atoms with Gasteiger partial charge in [0.05, 0.1) is 0 Å². The molecular formula is C26H24N2. The molecule has 2 heteroatoms. The smallest absolute Gasteiger partial charge is 0.0393 e. The average molecular weight is 364 g/mol. The third-order valence-electron chi connectivity index (χ3n) is 5.56. The van der Waals surface area contributed by atoms with Crippen LogP contribution in [0.1, 0.15) is 22.3 Å². The maximum absolute atomic E-state index is 3.58. The van der Waals surface area contributed by atoms with Crippen LogP contribution in [0, 0.1) is 13.8 Å². The van der Waals surface area contributed by atoms with Gasteiger partial charge >= 0.3 is 0 Å². The van der Waals surface area contributed by atoms with Gasteiger partial charge in [-0.15, -0.1) is 0 Å². The van der Waals surface area contributed by atoms with Crippen molar-refractivity contribution in [3.05, 3.63) is 95.1 Å². The zero-order valence-corrected chi connectivity index (χ0v) is 16.3. The Bertz CT molecular complexity index is 1070. The molecular weight excluding hydrogens is 340 g/mol. The lowest BCUT2D eigenvalue weighted by molar-refractivity contribution is 1.02. The molecule has 0 heterocycles. The van der Waals surface area contributed by atoms with Crippen LogP contribution in [0.3, 0.4) is 0 Å². The van der Waals surface area contributed by atoms with E-state index in [0.29, 0.717) is 0 Å². The lowest BCUT2D eigenvalue weighted by Gasteiger charge is -2.13. The van der Waals surface area contributed by atoms with Crippen molar-refractivity contribution in [2.45, 2.75) is 26.7 Å². The zero-order chi connectivity index (χ0) is 19.1. The van der Waals surface area contributed by atoms with Crippen molar-refractivity contribution in [1.29, 1.82) is 0 Å². The van der Waals surface area contributed by atoms with Crippen molar-refractivity contribution in [2.75, 3.05) is 10.6 Å². The van der Waals surface area contributed by atoms with E-state index in [2.05, 4.69) is 97.3 Å². The molecule has 0 aliphatic heterocycles. The predicted molar refractivity (Wildman–Crippen MR) is 120 cm³/mol. The number of nitrogens with one attached hydrogen (secondary N) is 2. The van der Waals surface area contributed by atoms with Crippen LogP contribution < -0.4 is 10.6 Å². The molecule has 4 aromatic rings. The summed E-state index contributed by atoms with van der Waals surface area (Å²) in [5, 5.41) is 9.89. The van der Waals surface area contributed by atoms with E-state index < -0.39 is 0 Å². The number of aryl methyl sites for hydroxylation is 4. The highest BCUT2D eigenvalue weighted by molar-refractivity contribution is 5.96. The molecule has 0 amide bonds. The quantitative estimate of drug-likeness (QED) is 0.406. The van der Waals surface area contributed by atoms with Gasteiger partial charge in [-0.1, -0.05) is 35.4 Å². The summed E-state index contributed by atoms with van der Waals surface area (Å²) in [5.41, 5.74) is 10.0. The van der Waals surface area contributed by atoms with Crippen molar-refractivity contribution in [3.63, 3.8) is 0 Å². The highest BCUT2D eigenvalue weighted by Crippen LogP contribution is 2.37. The van der Waals surface area contributed by atoms with Crippen LogP contribution >= 0.6 is 0 Å². The van der Waals surface area contributed by atoms with Crippen LogP contribution in [0.15, 0.2) is 72.8 Å². The molecule has 2 nitrogen and oxygen atoms in total. The summed E-state index contributed by atoms with van der Waals surface area (Å²) < 4.78 is 0. The molecule has 0 radical (unpaired) electrons. The molecule has 4 aromatic carbocycles. The summed E-state index contributed by atoms with van der Waals surface area (Å²) in [6.07, 6.45) is 2.23. The highest BCUT2D eigenvalue weighted by Gasteiger charge is 2.16. The second kappa shape index (κ2) is 6.72. The Morgan fingerprint density at radius 1 is 0.536 bits per heavy atom. The summed E-state index contributed by atoms with van der Waals surface area (Å²) in [6.45, 7) is 4.23. The van der Waals surface area contributed by atoms with E-state index in [9.17, 15) is 0 Å². The number of hydrogen-bond donors (Lipinski definition) is 2. The van der Waals surface area contributed by atoms with Crippen LogP contribution in [0.25, 0.3) is 10.8 Å². The first kappa shape index (κ1) is 16.9. The maximum atomic E-state index is 3.58. The van der Waals surface area contributed by atoms with Gasteiger partial charge in [-0.3, -0.25) is 0 Å². The Morgan fingerprint density at radius 3 is 1.39 bits per heavy atom. The molecule has 0 aromatic heterocycles. The molecule has 5 rings (SSSR count). The van der Waals surface area contributed by atoms with Crippen molar-refractivity contribution in [2.24, 2.45) is 0 Å². The van der Waals surface area contributed by atoms with Gasteiger partial charge in [0.2, 0.25) is 0 Å². The lowest BCUT2D eigenvalue weighted by atomic mass is 10.0. The van der Waals surface area contributed by atoms with Gasteiger partial charge in [0.15, 0.2) is 0 Å². The molecule has 1 aliphatic carbocycles. The first-order chi connectivity index (χ1) is 13.6. The minimum Gasteiger partial charge on any atom is -0.356 e. The van der Waals surface area contributed by atoms with E-state index in [-0.39, 0.29) is 0 Å². The van der Waals surface area contributed by atoms with Crippen molar-refractivity contribution < 1.29 is 0 Å². The standard InChI is InChI=1S/C26H24N2/c1-17-3-9-22(10-4-17)27-24-13-19-7-8-20-14-25(16-21(15-24)26(19)20)28-23-11-5-18(2)6-12-23/h3-6,9-16,27-28H,7-8H2,1-2H3. The molecule has 1 aliphatic rings. The fourth-order valence-corrected chi connectivity index (χ4v) is 4.12. The second-order valence-corrected chi connectivity index (χ2v) is 7.85. The number of anilines is 4. The fraction of sp³-hybridized carbons (Fsp3) is 0.154. The minimum absolute atomic E-state index is 1.11. The average Bonchev–Trinajstić information content (AvgIpc) is 3.09. The second-order valence-electron chi connectivity index (χ2n) is 7.85. The van der Waals surface area contributed by atoms with Gasteiger partial charge < -0.3 is 10.6 Å². The number of rotatable bonds is 4. The summed E-state index contributed by atoms with van der Waals surface area (Å²) in [5.74, 6) is 0. The Hall–Kier alpha value is -3.26. The van der Waals surface area contributed by atoms with Gasteiger partial charge in [-0.05, 0) is 97.1 Å². The first-order valence-corrected chi connectivity index (χ1v) is 9.91. The van der Waals surface area contributed by atoms with Crippen LogP contribution in [0.5, 0.6) is 0 Å². The Labute approximate surface area is 166 Å². The van der Waals surface area contributed by atoms with Crippen LogP contribution in [-0.2, 0) is 12.8 Å². The molecule has 0 bridgehead atoms. The summed E-state index contributed by atoms with van der Waals surface area (Å²) >= 11 is 0. The van der Waals surface area contributed by atoms with Crippen molar-refractivity contribution in [1.82, 2.24) is 0 Å². The van der Waals surface area contributed by atoms with Gasteiger partial charge in [0, 0.05) is 22.7 Å². The molecule has 0 fully saturated rings. The fourth-order valence-electron chi connectivity index (χ4n) is 4.12. The third kappa shape index (κ3) is 3.22. The monoisotopic (exact) mass is 364 g/mol. The Balaban J connectivity index is 1.51. The minimum atomic E-state index is 1.11. The molecule has 0 atom stereocenters. The Morgan fingerprint density at radius 2 is 0.964 bits per heavy atom. The molecule has 28 heavy (non-hydrogen) atoms. The summed E-state index contributed by atoms with van der Waals surface area (Å²) in [4.78, 5) is 0. The topological polar surface area (TPSA) is 24.1 Å². The largest absolute Gasteiger partial charge is 0.356 e. The molecule has 0 unspecified atom stereocenters. The van der Waals surface area contributed by atoms with Crippen molar-refractivity contribution >= 4 is 33.5 Å². The van der Waals surface area contributed by atoms with E-state index in [1.54, 1.807) is 0 Å². The van der Waals surface area contributed by atoms with E-state index in [0.717, 1.165) is 35.6 Å². The molecule has 0 saturated heterocycles. The van der Waals surface area contributed by atoms with Gasteiger partial charge in [0.1, 0.15) is 0 Å². The van der Waals surface area contributed by atoms with Crippen molar-refractivity contribution in [3.8, 4) is 0 Å². The maximum Gasteiger partial charge on any atom is 0.0393 e. The predicted octanol–water partition coefficient (Wildman–Crippen LogP) is 7.04. The highest BCUT2D eigenvalue weighted by atomic mass is 14.9. The van der Waals surface area contributed by atoms with E-state index in [4.69, 9.17) is 0 Å². The van der Waals surface area contributed by atoms with E-state index in [1.807, 2.05) is 0 Å². The van der Waals surface area contributed by atoms with Crippen LogP contribution in [0.4, 0.5) is 22.7 Å². The summed E-state index contributed by atoms with van der Waals surface area (Å²) in [7, 11) is 0. The molecule has 2 N–H and O–H groups in total. The SMILES string of the molecule is Cc1ccc(Nc2cc3c4c(cc(Nc5ccc(C)cc5)cc4c2)CC3)cc1. The zero-order valence-electron chi connectivity index (χ0n) is 16.3. The van der Waals surface area contributed by atoms with Gasteiger partial charge in [0.25, 0.3) is 0 Å². The van der Waals surface area contributed by atoms with Crippen LogP contribution in [-0.4, -0.2) is 0 Å². The molecule has 0 saturated carbocycles.